The molecule has 2 unspecified atom stereocenters. The highest BCUT2D eigenvalue weighted by Crippen LogP contribution is 2.57. The van der Waals surface area contributed by atoms with Crippen molar-refractivity contribution in [1.82, 2.24) is 5.32 Å². The van der Waals surface area contributed by atoms with Gasteiger partial charge >= 0.3 is 0 Å². The van der Waals surface area contributed by atoms with E-state index in [1.807, 2.05) is 0 Å². The number of nitrogens with two attached hydrogens (primary N) is 2. The van der Waals surface area contributed by atoms with Gasteiger partial charge in [-0.1, -0.05) is 18.2 Å². The van der Waals surface area contributed by atoms with Gasteiger partial charge in [0, 0.05) is 35.5 Å². The van der Waals surface area contributed by atoms with E-state index in [2.05, 4.69) is 23.5 Å². The molecule has 1 aromatic carbocycles. The first-order valence-electron chi connectivity index (χ1n) is 9.71. The second-order valence-electron chi connectivity index (χ2n) is 8.24. The number of rotatable bonds is 5. The molecule has 4 nitrogen and oxygen atoms in total. The largest absolute Gasteiger partial charge is 0.404 e. The topological polar surface area (TPSA) is 87.9 Å². The van der Waals surface area contributed by atoms with Crippen LogP contribution in [-0.4, -0.2) is 24.8 Å². The van der Waals surface area contributed by atoms with Gasteiger partial charge < -0.3 is 22.2 Å². The van der Waals surface area contributed by atoms with Crippen molar-refractivity contribution in [2.45, 2.75) is 62.4 Å². The van der Waals surface area contributed by atoms with Crippen LogP contribution in [0.3, 0.4) is 0 Å². The number of fused-ring (bicyclic) bond motifs is 2. The molecule has 0 aliphatic heterocycles. The Morgan fingerprint density at radius 1 is 1.28 bits per heavy atom. The summed E-state index contributed by atoms with van der Waals surface area (Å²) in [6.07, 6.45) is 11.5. The molecule has 0 radical (unpaired) electrons. The molecule has 0 bridgehead atoms. The van der Waals surface area contributed by atoms with Gasteiger partial charge in [-0.25, -0.2) is 0 Å². The number of hydrogen-bond acceptors (Lipinski definition) is 4. The maximum Gasteiger partial charge on any atom is 0.0270 e. The van der Waals surface area contributed by atoms with Gasteiger partial charge in [0.15, 0.2) is 0 Å². The second kappa shape index (κ2) is 6.58. The van der Waals surface area contributed by atoms with Gasteiger partial charge in [-0.05, 0) is 74.1 Å². The lowest BCUT2D eigenvalue weighted by atomic mass is 9.86. The smallest absolute Gasteiger partial charge is 0.0270 e. The van der Waals surface area contributed by atoms with E-state index in [0.717, 1.165) is 23.6 Å². The van der Waals surface area contributed by atoms with Crippen LogP contribution < -0.4 is 16.8 Å². The summed E-state index contributed by atoms with van der Waals surface area (Å²) >= 11 is 0. The van der Waals surface area contributed by atoms with Crippen molar-refractivity contribution in [2.24, 2.45) is 17.4 Å². The van der Waals surface area contributed by atoms with E-state index in [9.17, 15) is 0 Å². The molecule has 4 heteroatoms. The van der Waals surface area contributed by atoms with E-state index in [1.54, 1.807) is 0 Å². The SMILES string of the molecule is N=C/C(=C\N)c1ccc2c(c1)C1(CC2)CC1NCC1CCC(N)CC1. The molecule has 0 heterocycles. The van der Waals surface area contributed by atoms with Crippen molar-refractivity contribution in [2.75, 3.05) is 6.54 Å². The molecule has 2 fully saturated rings. The molecule has 0 aromatic heterocycles. The molecule has 6 N–H and O–H groups in total. The van der Waals surface area contributed by atoms with Gasteiger partial charge in [-0.2, -0.15) is 0 Å². The van der Waals surface area contributed by atoms with E-state index >= 15 is 0 Å². The molecule has 25 heavy (non-hydrogen) atoms. The summed E-state index contributed by atoms with van der Waals surface area (Å²) in [6, 6.07) is 7.68. The minimum absolute atomic E-state index is 0.331. The molecule has 1 aromatic rings. The summed E-state index contributed by atoms with van der Waals surface area (Å²) in [4.78, 5) is 0. The van der Waals surface area contributed by atoms with Crippen LogP contribution in [0, 0.1) is 11.3 Å². The second-order valence-corrected chi connectivity index (χ2v) is 8.24. The molecular formula is C21H30N4. The number of allylic oxidation sites excluding steroid dienone is 1. The highest BCUT2D eigenvalue weighted by atomic mass is 15.0. The molecular weight excluding hydrogens is 308 g/mol. The molecule has 4 rings (SSSR count). The van der Waals surface area contributed by atoms with Gasteiger partial charge in [0.1, 0.15) is 0 Å². The zero-order valence-corrected chi connectivity index (χ0v) is 14.9. The number of benzene rings is 1. The fourth-order valence-electron chi connectivity index (χ4n) is 5.01. The van der Waals surface area contributed by atoms with Crippen molar-refractivity contribution in [3.05, 3.63) is 41.1 Å². The molecule has 2 atom stereocenters. The summed E-state index contributed by atoms with van der Waals surface area (Å²) < 4.78 is 0. The maximum atomic E-state index is 7.55. The Morgan fingerprint density at radius 2 is 2.08 bits per heavy atom. The lowest BCUT2D eigenvalue weighted by Crippen LogP contribution is -2.34. The fraction of sp³-hybridized carbons (Fsp3) is 0.571. The Balaban J connectivity index is 1.44. The third kappa shape index (κ3) is 3.02. The third-order valence-corrected chi connectivity index (χ3v) is 6.77. The average molecular weight is 338 g/mol. The van der Waals surface area contributed by atoms with Crippen LogP contribution in [0.15, 0.2) is 24.4 Å². The Bertz CT molecular complexity index is 687. The number of nitrogens with one attached hydrogen (secondary N) is 2. The van der Waals surface area contributed by atoms with Crippen molar-refractivity contribution < 1.29 is 0 Å². The predicted octanol–water partition coefficient (Wildman–Crippen LogP) is 2.70. The normalized spacial score (nSPS) is 34.1. The van der Waals surface area contributed by atoms with Crippen molar-refractivity contribution in [3.63, 3.8) is 0 Å². The van der Waals surface area contributed by atoms with E-state index in [-0.39, 0.29) is 0 Å². The van der Waals surface area contributed by atoms with Crippen LogP contribution in [-0.2, 0) is 11.8 Å². The maximum absolute atomic E-state index is 7.55. The molecule has 3 aliphatic rings. The van der Waals surface area contributed by atoms with Crippen molar-refractivity contribution in [3.8, 4) is 0 Å². The van der Waals surface area contributed by atoms with E-state index in [0.29, 0.717) is 17.5 Å². The zero-order chi connectivity index (χ0) is 17.4. The van der Waals surface area contributed by atoms with Crippen LogP contribution in [0.5, 0.6) is 0 Å². The summed E-state index contributed by atoms with van der Waals surface area (Å²) in [5, 5.41) is 11.4. The standard InChI is InChI=1S/C21H30N4/c22-11-17(12-23)16-4-3-15-7-8-21(19(15)9-16)10-20(21)25-13-14-1-5-18(24)6-2-14/h3-4,9,11-12,14,18,20,22,25H,1-2,5-8,10,13,23-24H2/b17-12+,22-11?. The zero-order valence-electron chi connectivity index (χ0n) is 14.9. The minimum Gasteiger partial charge on any atom is -0.404 e. The van der Waals surface area contributed by atoms with Crippen molar-refractivity contribution >= 4 is 11.8 Å². The van der Waals surface area contributed by atoms with Crippen LogP contribution >= 0.6 is 0 Å². The highest BCUT2D eigenvalue weighted by molar-refractivity contribution is 6.08. The molecule has 0 saturated heterocycles. The molecule has 0 amide bonds. The van der Waals surface area contributed by atoms with E-state index in [4.69, 9.17) is 16.9 Å². The number of aryl methyl sites for hydroxylation is 1. The summed E-state index contributed by atoms with van der Waals surface area (Å²) in [5.74, 6) is 0.800. The lowest BCUT2D eigenvalue weighted by Gasteiger charge is -2.26. The quantitative estimate of drug-likeness (QED) is 0.623. The molecule has 3 aliphatic carbocycles. The summed E-state index contributed by atoms with van der Waals surface area (Å²) in [7, 11) is 0. The predicted molar refractivity (Wildman–Crippen MR) is 104 cm³/mol. The molecule has 1 spiro atoms. The van der Waals surface area contributed by atoms with Gasteiger partial charge in [-0.15, -0.1) is 0 Å². The minimum atomic E-state index is 0.331. The van der Waals surface area contributed by atoms with Crippen molar-refractivity contribution in [1.29, 1.82) is 5.41 Å². The third-order valence-electron chi connectivity index (χ3n) is 6.77. The first-order chi connectivity index (χ1) is 12.2. The molecule has 134 valence electrons. The summed E-state index contributed by atoms with van der Waals surface area (Å²) in [5.41, 5.74) is 16.9. The molecule has 2 saturated carbocycles. The Hall–Kier alpha value is -1.65. The first-order valence-corrected chi connectivity index (χ1v) is 9.71. The average Bonchev–Trinajstić information content (AvgIpc) is 3.23. The number of hydrogen-bond donors (Lipinski definition) is 4. The first kappa shape index (κ1) is 16.8. The summed E-state index contributed by atoms with van der Waals surface area (Å²) in [6.45, 7) is 1.14. The Kier molecular flexibility index (Phi) is 4.42. The van der Waals surface area contributed by atoms with Crippen LogP contribution in [0.2, 0.25) is 0 Å². The van der Waals surface area contributed by atoms with Gasteiger partial charge in [0.25, 0.3) is 0 Å². The monoisotopic (exact) mass is 338 g/mol. The van der Waals surface area contributed by atoms with E-state index < -0.39 is 0 Å². The van der Waals surface area contributed by atoms with Gasteiger partial charge in [-0.3, -0.25) is 0 Å². The van der Waals surface area contributed by atoms with Crippen LogP contribution in [0.1, 0.15) is 55.2 Å². The van der Waals surface area contributed by atoms with Gasteiger partial charge in [0.05, 0.1) is 0 Å². The highest BCUT2D eigenvalue weighted by Gasteiger charge is 2.57. The Morgan fingerprint density at radius 3 is 2.80 bits per heavy atom. The Labute approximate surface area is 150 Å². The fourth-order valence-corrected chi connectivity index (χ4v) is 5.01. The van der Waals surface area contributed by atoms with Crippen LogP contribution in [0.4, 0.5) is 0 Å². The van der Waals surface area contributed by atoms with E-state index in [1.165, 1.54) is 68.5 Å². The van der Waals surface area contributed by atoms with Gasteiger partial charge in [0.2, 0.25) is 0 Å². The van der Waals surface area contributed by atoms with Crippen LogP contribution in [0.25, 0.3) is 5.57 Å². The lowest BCUT2D eigenvalue weighted by molar-refractivity contribution is 0.311.